The van der Waals surface area contributed by atoms with Gasteiger partial charge in [-0.25, -0.2) is 4.98 Å². The molecule has 2 aromatic heterocycles. The van der Waals surface area contributed by atoms with Gasteiger partial charge in [-0.2, -0.15) is 0 Å². The lowest BCUT2D eigenvalue weighted by Gasteiger charge is -2.18. The average Bonchev–Trinajstić information content (AvgIpc) is 3.27. The molecule has 0 saturated carbocycles. The third-order valence-corrected chi connectivity index (χ3v) is 5.34. The number of rotatable bonds is 8. The van der Waals surface area contributed by atoms with Crippen LogP contribution in [0.2, 0.25) is 0 Å². The molecule has 33 heavy (non-hydrogen) atoms. The molecule has 0 radical (unpaired) electrons. The maximum atomic E-state index is 12.8. The van der Waals surface area contributed by atoms with Crippen molar-refractivity contribution >= 4 is 17.5 Å². The summed E-state index contributed by atoms with van der Waals surface area (Å²) in [5, 5.41) is 2.92. The lowest BCUT2D eigenvalue weighted by molar-refractivity contribution is -0.141. The van der Waals surface area contributed by atoms with Gasteiger partial charge in [-0.15, -0.1) is 0 Å². The summed E-state index contributed by atoms with van der Waals surface area (Å²) in [5.74, 6) is -0.0420. The standard InChI is InChI=1S/C26H25N3O4/c1-18-7-6-14-29-16-21(27-25(18)29)17-33-22-12-10-20(11-13-22)26(31)28-23(15-24(30)32-2)19-8-4-3-5-9-19/h3-14,16,23H,15,17H2,1-2H3,(H,28,31)/t23-/m0/s1. The summed E-state index contributed by atoms with van der Waals surface area (Å²) in [6, 6.07) is 19.7. The number of amides is 1. The fourth-order valence-corrected chi connectivity index (χ4v) is 3.56. The van der Waals surface area contributed by atoms with E-state index < -0.39 is 12.0 Å². The van der Waals surface area contributed by atoms with Crippen molar-refractivity contribution in [2.75, 3.05) is 7.11 Å². The Kier molecular flexibility index (Phi) is 6.69. The first-order valence-corrected chi connectivity index (χ1v) is 10.6. The number of nitrogens with one attached hydrogen (secondary N) is 1. The Bertz CT molecular complexity index is 1250. The molecule has 4 rings (SSSR count). The van der Waals surface area contributed by atoms with Gasteiger partial charge in [0.05, 0.1) is 25.3 Å². The first-order chi connectivity index (χ1) is 16.0. The van der Waals surface area contributed by atoms with E-state index in [1.54, 1.807) is 24.3 Å². The average molecular weight is 444 g/mol. The number of fused-ring (bicyclic) bond motifs is 1. The molecule has 4 aromatic rings. The van der Waals surface area contributed by atoms with Crippen LogP contribution in [0, 0.1) is 6.92 Å². The Labute approximate surface area is 192 Å². The topological polar surface area (TPSA) is 81.9 Å². The van der Waals surface area contributed by atoms with Gasteiger partial charge < -0.3 is 19.2 Å². The highest BCUT2D eigenvalue weighted by atomic mass is 16.5. The summed E-state index contributed by atoms with van der Waals surface area (Å²) in [6.45, 7) is 2.34. The fraction of sp³-hybridized carbons (Fsp3) is 0.192. The molecule has 0 aliphatic heterocycles. The number of hydrogen-bond donors (Lipinski definition) is 1. The molecule has 0 aliphatic carbocycles. The number of hydrogen-bond acceptors (Lipinski definition) is 5. The maximum Gasteiger partial charge on any atom is 0.307 e. The van der Waals surface area contributed by atoms with Gasteiger partial charge in [0, 0.05) is 18.0 Å². The molecular formula is C26H25N3O4. The Morgan fingerprint density at radius 1 is 1.03 bits per heavy atom. The molecule has 1 amide bonds. The number of aromatic nitrogens is 2. The van der Waals surface area contributed by atoms with E-state index in [1.807, 2.05) is 66.2 Å². The van der Waals surface area contributed by atoms with Crippen LogP contribution in [-0.2, 0) is 16.1 Å². The molecule has 2 heterocycles. The van der Waals surface area contributed by atoms with Crippen LogP contribution in [0.25, 0.3) is 5.65 Å². The smallest absolute Gasteiger partial charge is 0.307 e. The number of benzene rings is 2. The van der Waals surface area contributed by atoms with Crippen LogP contribution >= 0.6 is 0 Å². The number of methoxy groups -OCH3 is 1. The molecule has 0 fully saturated rings. The number of ether oxygens (including phenoxy) is 2. The van der Waals surface area contributed by atoms with Crippen molar-refractivity contribution in [3.8, 4) is 5.75 Å². The zero-order valence-electron chi connectivity index (χ0n) is 18.5. The molecule has 0 bridgehead atoms. The molecule has 2 aromatic carbocycles. The molecule has 168 valence electrons. The zero-order valence-corrected chi connectivity index (χ0v) is 18.5. The van der Waals surface area contributed by atoms with Crippen molar-refractivity contribution < 1.29 is 19.1 Å². The van der Waals surface area contributed by atoms with Gasteiger partial charge in [-0.1, -0.05) is 36.4 Å². The predicted molar refractivity (Wildman–Crippen MR) is 124 cm³/mol. The normalized spacial score (nSPS) is 11.7. The third-order valence-electron chi connectivity index (χ3n) is 5.34. The highest BCUT2D eigenvalue weighted by Crippen LogP contribution is 2.20. The van der Waals surface area contributed by atoms with Gasteiger partial charge >= 0.3 is 5.97 Å². The maximum absolute atomic E-state index is 12.8. The second-order valence-electron chi connectivity index (χ2n) is 7.68. The molecule has 1 N–H and O–H groups in total. The second kappa shape index (κ2) is 9.99. The van der Waals surface area contributed by atoms with Gasteiger partial charge in [-0.3, -0.25) is 9.59 Å². The summed E-state index contributed by atoms with van der Waals surface area (Å²) in [6.07, 6.45) is 3.94. The van der Waals surface area contributed by atoms with Crippen molar-refractivity contribution in [1.82, 2.24) is 14.7 Å². The van der Waals surface area contributed by atoms with Crippen LogP contribution in [0.5, 0.6) is 5.75 Å². The van der Waals surface area contributed by atoms with Crippen molar-refractivity contribution in [2.24, 2.45) is 0 Å². The highest BCUT2D eigenvalue weighted by Gasteiger charge is 2.19. The number of aryl methyl sites for hydroxylation is 1. The minimum absolute atomic E-state index is 0.0476. The van der Waals surface area contributed by atoms with Crippen LogP contribution in [0.15, 0.2) is 79.1 Å². The molecule has 7 nitrogen and oxygen atoms in total. The number of imidazole rings is 1. The van der Waals surface area contributed by atoms with Gasteiger partial charge in [0.15, 0.2) is 0 Å². The van der Waals surface area contributed by atoms with Crippen molar-refractivity contribution in [3.63, 3.8) is 0 Å². The molecular weight excluding hydrogens is 418 g/mol. The minimum atomic E-state index is -0.486. The van der Waals surface area contributed by atoms with E-state index in [4.69, 9.17) is 9.47 Å². The lowest BCUT2D eigenvalue weighted by atomic mass is 10.0. The first kappa shape index (κ1) is 22.1. The van der Waals surface area contributed by atoms with E-state index in [1.165, 1.54) is 7.11 Å². The number of nitrogens with zero attached hydrogens (tertiary/aromatic N) is 2. The van der Waals surface area contributed by atoms with E-state index in [-0.39, 0.29) is 12.3 Å². The lowest BCUT2D eigenvalue weighted by Crippen LogP contribution is -2.30. The van der Waals surface area contributed by atoms with E-state index in [0.29, 0.717) is 17.9 Å². The van der Waals surface area contributed by atoms with E-state index in [9.17, 15) is 9.59 Å². The van der Waals surface area contributed by atoms with Crippen LogP contribution in [0.3, 0.4) is 0 Å². The van der Waals surface area contributed by atoms with E-state index >= 15 is 0 Å². The van der Waals surface area contributed by atoms with Crippen LogP contribution in [0.1, 0.15) is 39.6 Å². The predicted octanol–water partition coefficient (Wildman–Crippen LogP) is 4.26. The van der Waals surface area contributed by atoms with Crippen LogP contribution < -0.4 is 10.1 Å². The highest BCUT2D eigenvalue weighted by molar-refractivity contribution is 5.94. The fourth-order valence-electron chi connectivity index (χ4n) is 3.56. The molecule has 0 unspecified atom stereocenters. The summed E-state index contributed by atoms with van der Waals surface area (Å²) in [5.41, 5.74) is 4.12. The number of pyridine rings is 1. The zero-order chi connectivity index (χ0) is 23.2. The molecule has 1 atom stereocenters. The summed E-state index contributed by atoms with van der Waals surface area (Å²) >= 11 is 0. The largest absolute Gasteiger partial charge is 0.487 e. The quantitative estimate of drug-likeness (QED) is 0.412. The summed E-state index contributed by atoms with van der Waals surface area (Å²) in [7, 11) is 1.33. The van der Waals surface area contributed by atoms with Crippen molar-refractivity contribution in [2.45, 2.75) is 26.0 Å². The Hall–Kier alpha value is -4.13. The molecule has 0 spiro atoms. The minimum Gasteiger partial charge on any atom is -0.487 e. The molecule has 0 saturated heterocycles. The van der Waals surface area contributed by atoms with Gasteiger partial charge in [0.1, 0.15) is 18.0 Å². The third kappa shape index (κ3) is 5.38. The SMILES string of the molecule is COC(=O)C[C@H](NC(=O)c1ccc(OCc2cn3cccc(C)c3n2)cc1)c1ccccc1. The Morgan fingerprint density at radius 2 is 1.79 bits per heavy atom. The molecule has 7 heteroatoms. The van der Waals surface area contributed by atoms with Crippen molar-refractivity contribution in [3.05, 3.63) is 102 Å². The van der Waals surface area contributed by atoms with Crippen LogP contribution in [0.4, 0.5) is 0 Å². The first-order valence-electron chi connectivity index (χ1n) is 10.6. The monoisotopic (exact) mass is 443 g/mol. The van der Waals surface area contributed by atoms with E-state index in [2.05, 4.69) is 10.3 Å². The molecule has 0 aliphatic rings. The summed E-state index contributed by atoms with van der Waals surface area (Å²) in [4.78, 5) is 29.2. The van der Waals surface area contributed by atoms with Crippen molar-refractivity contribution in [1.29, 1.82) is 0 Å². The number of carbonyl (C=O) groups is 2. The van der Waals surface area contributed by atoms with Gasteiger partial charge in [0.2, 0.25) is 0 Å². The Balaban J connectivity index is 1.40. The summed E-state index contributed by atoms with van der Waals surface area (Å²) < 4.78 is 12.6. The number of esters is 1. The van der Waals surface area contributed by atoms with Crippen LogP contribution in [-0.4, -0.2) is 28.4 Å². The second-order valence-corrected chi connectivity index (χ2v) is 7.68. The number of carbonyl (C=O) groups excluding carboxylic acids is 2. The Morgan fingerprint density at radius 3 is 2.48 bits per heavy atom. The van der Waals surface area contributed by atoms with Gasteiger partial charge in [-0.05, 0) is 48.4 Å². The van der Waals surface area contributed by atoms with Gasteiger partial charge in [0.25, 0.3) is 5.91 Å². The van der Waals surface area contributed by atoms with E-state index in [0.717, 1.165) is 22.5 Å².